The molecular formula is C27H45N4O7S+. The Morgan fingerprint density at radius 1 is 1.15 bits per heavy atom. The number of unbranched alkanes of at least 4 members (excludes halogenated alkanes) is 1. The third kappa shape index (κ3) is 9.06. The van der Waals surface area contributed by atoms with Crippen LogP contribution in [0.15, 0.2) is 18.2 Å². The number of fused-ring (bicyclic) bond motifs is 1. The summed E-state index contributed by atoms with van der Waals surface area (Å²) in [5.74, 6) is -1.02. The smallest absolute Gasteiger partial charge is 0.308 e. The largest absolute Gasteiger partial charge is 0.481 e. The molecule has 2 heterocycles. The minimum atomic E-state index is -3.44. The highest BCUT2D eigenvalue weighted by Crippen LogP contribution is 2.42. The Kier molecular flexibility index (Phi) is 10.6. The highest BCUT2D eigenvalue weighted by Gasteiger charge is 2.47. The summed E-state index contributed by atoms with van der Waals surface area (Å²) in [6, 6.07) is 4.93. The predicted octanol–water partition coefficient (Wildman–Crippen LogP) is 1.55. The van der Waals surface area contributed by atoms with Gasteiger partial charge in [-0.05, 0) is 30.5 Å². The topological polar surface area (TPSA) is 125 Å². The van der Waals surface area contributed by atoms with Crippen molar-refractivity contribution in [2.45, 2.75) is 44.6 Å². The normalized spacial score (nSPS) is 21.3. The molecule has 220 valence electrons. The van der Waals surface area contributed by atoms with Gasteiger partial charge in [0.2, 0.25) is 22.7 Å². The molecule has 1 saturated heterocycles. The van der Waals surface area contributed by atoms with Crippen LogP contribution in [0.3, 0.4) is 0 Å². The van der Waals surface area contributed by atoms with Crippen LogP contribution < -0.4 is 14.2 Å². The minimum absolute atomic E-state index is 0.0265. The van der Waals surface area contributed by atoms with Crippen LogP contribution in [0.4, 0.5) is 0 Å². The molecule has 1 aromatic carbocycles. The van der Waals surface area contributed by atoms with Crippen LogP contribution in [-0.4, -0.2) is 119 Å². The fourth-order valence-corrected chi connectivity index (χ4v) is 5.93. The van der Waals surface area contributed by atoms with Crippen molar-refractivity contribution >= 4 is 21.9 Å². The molecule has 0 aromatic heterocycles. The van der Waals surface area contributed by atoms with E-state index in [2.05, 4.69) is 32.8 Å². The molecule has 39 heavy (non-hydrogen) atoms. The van der Waals surface area contributed by atoms with E-state index in [0.717, 1.165) is 42.1 Å². The van der Waals surface area contributed by atoms with Gasteiger partial charge in [0.15, 0.2) is 11.5 Å². The summed E-state index contributed by atoms with van der Waals surface area (Å²) >= 11 is 0. The van der Waals surface area contributed by atoms with Gasteiger partial charge in [0.1, 0.15) is 0 Å². The quantitative estimate of drug-likeness (QED) is 0.305. The van der Waals surface area contributed by atoms with Crippen LogP contribution in [-0.2, 0) is 19.6 Å². The summed E-state index contributed by atoms with van der Waals surface area (Å²) in [6.07, 6.45) is 4.09. The molecule has 1 unspecified atom stereocenters. The van der Waals surface area contributed by atoms with Crippen molar-refractivity contribution in [3.63, 3.8) is 0 Å². The number of hydrogen-bond donors (Lipinski definition) is 2. The van der Waals surface area contributed by atoms with E-state index < -0.39 is 33.9 Å². The van der Waals surface area contributed by atoms with Crippen LogP contribution in [0.2, 0.25) is 0 Å². The Hall–Kier alpha value is -2.41. The summed E-state index contributed by atoms with van der Waals surface area (Å²) < 4.78 is 37.6. The molecule has 11 nitrogen and oxygen atoms in total. The van der Waals surface area contributed by atoms with E-state index in [1.807, 2.05) is 21.9 Å². The summed E-state index contributed by atoms with van der Waals surface area (Å²) in [5.41, 5.74) is 0.799. The summed E-state index contributed by atoms with van der Waals surface area (Å²) in [5, 5.41) is 10.3. The van der Waals surface area contributed by atoms with Crippen LogP contribution in [0.5, 0.6) is 11.5 Å². The van der Waals surface area contributed by atoms with Crippen LogP contribution in [0.25, 0.3) is 0 Å². The van der Waals surface area contributed by atoms with Crippen LogP contribution in [0.1, 0.15) is 44.1 Å². The first-order chi connectivity index (χ1) is 18.3. The zero-order valence-electron chi connectivity index (χ0n) is 23.9. The van der Waals surface area contributed by atoms with Crippen LogP contribution in [0, 0.1) is 5.92 Å². The van der Waals surface area contributed by atoms with Gasteiger partial charge < -0.3 is 24.0 Å². The Balaban J connectivity index is 1.83. The molecule has 3 atom stereocenters. The third-order valence-corrected chi connectivity index (χ3v) is 8.12. The van der Waals surface area contributed by atoms with Crippen LogP contribution >= 0.6 is 0 Å². The van der Waals surface area contributed by atoms with E-state index in [4.69, 9.17) is 9.47 Å². The van der Waals surface area contributed by atoms with E-state index in [1.54, 1.807) is 6.07 Å². The van der Waals surface area contributed by atoms with Crippen molar-refractivity contribution in [2.75, 3.05) is 73.5 Å². The van der Waals surface area contributed by atoms with Gasteiger partial charge in [-0.15, -0.1) is 0 Å². The number of carboxylic acids is 1. The Morgan fingerprint density at radius 2 is 1.85 bits per heavy atom. The number of likely N-dealkylation sites (tertiary alicyclic amines) is 1. The van der Waals surface area contributed by atoms with Crippen molar-refractivity contribution in [3.8, 4) is 11.5 Å². The van der Waals surface area contributed by atoms with Gasteiger partial charge >= 0.3 is 5.97 Å². The number of aliphatic carboxylic acids is 1. The van der Waals surface area contributed by atoms with Gasteiger partial charge in [0.25, 0.3) is 0 Å². The number of hydrogen-bond acceptors (Lipinski definition) is 7. The first-order valence-corrected chi connectivity index (χ1v) is 15.6. The van der Waals surface area contributed by atoms with Crippen molar-refractivity contribution < 1.29 is 37.1 Å². The zero-order valence-corrected chi connectivity index (χ0v) is 24.7. The number of carbonyl (C=O) groups excluding carboxylic acids is 1. The molecular weight excluding hydrogens is 524 g/mol. The molecule has 0 spiro atoms. The van der Waals surface area contributed by atoms with Crippen molar-refractivity contribution in [1.29, 1.82) is 0 Å². The van der Waals surface area contributed by atoms with Crippen molar-refractivity contribution in [1.82, 2.24) is 14.5 Å². The number of carbonyl (C=O) groups is 2. The van der Waals surface area contributed by atoms with Gasteiger partial charge in [-0.3, -0.25) is 14.5 Å². The van der Waals surface area contributed by atoms with Gasteiger partial charge in [-0.2, -0.15) is 0 Å². The molecule has 2 aliphatic rings. The number of quaternary nitrogens is 1. The molecule has 0 bridgehead atoms. The molecule has 1 fully saturated rings. The maximum absolute atomic E-state index is 13.6. The maximum Gasteiger partial charge on any atom is 0.308 e. The second-order valence-electron chi connectivity index (χ2n) is 11.6. The second kappa shape index (κ2) is 13.3. The van der Waals surface area contributed by atoms with Gasteiger partial charge in [-0.1, -0.05) is 19.4 Å². The lowest BCUT2D eigenvalue weighted by atomic mass is 9.84. The number of nitrogens with one attached hydrogen (secondary N) is 1. The van der Waals surface area contributed by atoms with Gasteiger partial charge in [0, 0.05) is 44.6 Å². The number of amides is 1. The fourth-order valence-electron chi connectivity index (χ4n) is 5.45. The molecule has 12 heteroatoms. The van der Waals surface area contributed by atoms with Crippen molar-refractivity contribution in [3.05, 3.63) is 23.8 Å². The first-order valence-electron chi connectivity index (χ1n) is 13.7. The summed E-state index contributed by atoms with van der Waals surface area (Å²) in [6.45, 7) is 5.00. The predicted molar refractivity (Wildman–Crippen MR) is 148 cm³/mol. The monoisotopic (exact) mass is 569 g/mol. The highest BCUT2D eigenvalue weighted by atomic mass is 32.2. The van der Waals surface area contributed by atoms with E-state index in [9.17, 15) is 23.1 Å². The number of nitrogens with zero attached hydrogens (tertiary/aromatic N) is 3. The molecule has 2 aliphatic heterocycles. The second-order valence-corrected chi connectivity index (χ2v) is 13.5. The third-order valence-electron chi connectivity index (χ3n) is 7.39. The number of ether oxygens (including phenoxy) is 2. The lowest BCUT2D eigenvalue weighted by Crippen LogP contribution is -2.46. The summed E-state index contributed by atoms with van der Waals surface area (Å²) in [4.78, 5) is 30.0. The maximum atomic E-state index is 13.6. The molecule has 0 saturated carbocycles. The SMILES string of the molecule is CCCCN(CCC[N+](C)(C)C)C(=O)CN1C[C@H](c2ccc3c(c2)OCO3)C(C(=O)O)[C@@H]1CCNS(C)(=O)=O. The zero-order chi connectivity index (χ0) is 28.8. The number of rotatable bonds is 15. The Bertz CT molecular complexity index is 1110. The number of benzene rings is 1. The standard InChI is InChI=1S/C27H44N4O7S/c1-6-7-13-29(14-8-15-31(2,3)4)25(32)18-30-17-21(20-9-10-23-24(16-20)38-19-37-23)26(27(33)34)22(30)11-12-28-39(5,35)36/h9-10,16,21-22,26,28H,6-8,11-15,17-19H2,1-5H3/p+1/t21-,22+,26?/m1/s1. The Labute approximate surface area is 232 Å². The first kappa shape index (κ1) is 31.1. The fraction of sp³-hybridized carbons (Fsp3) is 0.704. The van der Waals surface area contributed by atoms with E-state index in [1.165, 1.54) is 0 Å². The van der Waals surface area contributed by atoms with E-state index >= 15 is 0 Å². The molecule has 0 radical (unpaired) electrons. The van der Waals surface area contributed by atoms with E-state index in [-0.39, 0.29) is 32.2 Å². The molecule has 1 amide bonds. The lowest BCUT2D eigenvalue weighted by Gasteiger charge is -2.30. The molecule has 2 N–H and O–H groups in total. The average Bonchev–Trinajstić information content (AvgIpc) is 3.44. The van der Waals surface area contributed by atoms with Crippen molar-refractivity contribution in [2.24, 2.45) is 5.92 Å². The minimum Gasteiger partial charge on any atom is -0.481 e. The number of carboxylic acid groups (broad SMARTS) is 1. The Morgan fingerprint density at radius 3 is 2.49 bits per heavy atom. The highest BCUT2D eigenvalue weighted by molar-refractivity contribution is 7.88. The van der Waals surface area contributed by atoms with E-state index in [0.29, 0.717) is 31.1 Å². The molecule has 0 aliphatic carbocycles. The summed E-state index contributed by atoms with van der Waals surface area (Å²) in [7, 11) is 2.94. The van der Waals surface area contributed by atoms with Gasteiger partial charge in [-0.25, -0.2) is 13.1 Å². The lowest BCUT2D eigenvalue weighted by molar-refractivity contribution is -0.870. The number of sulfonamides is 1. The van der Waals surface area contributed by atoms with Gasteiger partial charge in [0.05, 0.1) is 46.4 Å². The molecule has 1 aromatic rings. The average molecular weight is 570 g/mol. The molecule has 3 rings (SSSR count).